The zero-order chi connectivity index (χ0) is 59.4. The highest BCUT2D eigenvalue weighted by atomic mass is 16.3. The van der Waals surface area contributed by atoms with Gasteiger partial charge in [-0.3, -0.25) is 0 Å². The molecule has 86 heavy (non-hydrogen) atoms. The molecule has 0 saturated heterocycles. The van der Waals surface area contributed by atoms with Gasteiger partial charge in [0.15, 0.2) is 0 Å². The molecule has 0 amide bonds. The lowest BCUT2D eigenvalue weighted by Crippen LogP contribution is -2.61. The summed E-state index contributed by atoms with van der Waals surface area (Å²) in [7, 11) is 0. The van der Waals surface area contributed by atoms with Crippen molar-refractivity contribution < 1.29 is 4.42 Å². The predicted octanol–water partition coefficient (Wildman–Crippen LogP) is 19.9. The highest BCUT2D eigenvalue weighted by Gasteiger charge is 2.53. The molecule has 3 heterocycles. The van der Waals surface area contributed by atoms with Gasteiger partial charge in [0, 0.05) is 33.7 Å². The third-order valence-electron chi connectivity index (χ3n) is 22.7. The molecule has 6 aliphatic rings. The van der Waals surface area contributed by atoms with E-state index >= 15 is 0 Å². The monoisotopic (exact) mass is 1120 g/mol. The van der Waals surface area contributed by atoms with E-state index in [1.807, 2.05) is 0 Å². The molecule has 0 atom stereocenters. The molecule has 0 fully saturated rings. The summed E-state index contributed by atoms with van der Waals surface area (Å²) in [5.41, 5.74) is 31.3. The molecule has 10 aromatic rings. The van der Waals surface area contributed by atoms with Crippen LogP contribution in [0.1, 0.15) is 183 Å². The largest absolute Gasteiger partial charge is 0.468 e. The van der Waals surface area contributed by atoms with Crippen LogP contribution in [-0.2, 0) is 37.9 Å². The van der Waals surface area contributed by atoms with Gasteiger partial charge in [0.2, 0.25) is 0 Å². The normalized spacial score (nSPS) is 19.5. The minimum Gasteiger partial charge on any atom is -0.468 e. The predicted molar refractivity (Wildman–Crippen MR) is 364 cm³/mol. The van der Waals surface area contributed by atoms with Crippen LogP contribution in [0.25, 0.3) is 33.2 Å². The Labute approximate surface area is 511 Å². The van der Waals surface area contributed by atoms with Crippen molar-refractivity contribution in [1.82, 2.24) is 0 Å². The summed E-state index contributed by atoms with van der Waals surface area (Å²) in [5, 5.41) is 1.20. The first-order valence-electron chi connectivity index (χ1n) is 32.2. The molecule has 0 unspecified atom stereocenters. The van der Waals surface area contributed by atoms with Gasteiger partial charge in [-0.25, -0.2) is 0 Å². The maximum atomic E-state index is 7.99. The second-order valence-electron chi connectivity index (χ2n) is 30.8. The van der Waals surface area contributed by atoms with E-state index in [0.717, 1.165) is 43.3 Å². The summed E-state index contributed by atoms with van der Waals surface area (Å²) in [5.74, 6) is 0. The second kappa shape index (κ2) is 17.9. The Hall–Kier alpha value is -7.82. The summed E-state index contributed by atoms with van der Waals surface area (Å²) in [6.07, 6.45) is 6.83. The third kappa shape index (κ3) is 7.40. The zero-order valence-electron chi connectivity index (χ0n) is 52.9. The molecule has 0 bridgehead atoms. The topological polar surface area (TPSA) is 19.6 Å². The minimum atomic E-state index is -0.612. The maximum absolute atomic E-state index is 7.99. The molecule has 0 spiro atoms. The van der Waals surface area contributed by atoms with Crippen molar-refractivity contribution in [2.24, 2.45) is 0 Å². The molecule has 1 aromatic heterocycles. The van der Waals surface area contributed by atoms with Gasteiger partial charge >= 0.3 is 0 Å². The average Bonchev–Trinajstić information content (AvgIpc) is 1.37. The fourth-order valence-electron chi connectivity index (χ4n) is 17.5. The first-order valence-corrected chi connectivity index (χ1v) is 32.2. The Morgan fingerprint density at radius 1 is 0.372 bits per heavy atom. The highest BCUT2D eigenvalue weighted by Crippen LogP contribution is 2.60. The van der Waals surface area contributed by atoms with Crippen molar-refractivity contribution in [3.8, 4) is 22.3 Å². The molecule has 3 nitrogen and oxygen atoms in total. The van der Waals surface area contributed by atoms with Crippen molar-refractivity contribution in [2.45, 2.75) is 166 Å². The van der Waals surface area contributed by atoms with Gasteiger partial charge in [0.05, 0.1) is 22.4 Å². The van der Waals surface area contributed by atoms with E-state index in [1.165, 1.54) is 140 Å². The lowest BCUT2D eigenvalue weighted by atomic mass is 9.35. The fourth-order valence-corrected chi connectivity index (χ4v) is 17.5. The van der Waals surface area contributed by atoms with Crippen LogP contribution in [0.5, 0.6) is 0 Å². The van der Waals surface area contributed by atoms with E-state index in [0.29, 0.717) is 0 Å². The van der Waals surface area contributed by atoms with Crippen molar-refractivity contribution in [3.63, 3.8) is 0 Å². The molecule has 9 aromatic carbocycles. The van der Waals surface area contributed by atoms with Gasteiger partial charge in [-0.15, -0.1) is 0 Å². The van der Waals surface area contributed by atoms with Crippen LogP contribution in [0, 0.1) is 6.92 Å². The Morgan fingerprint density at radius 3 is 1.48 bits per heavy atom. The minimum absolute atomic E-state index is 0.00151. The Morgan fingerprint density at radius 2 is 0.872 bits per heavy atom. The maximum Gasteiger partial charge on any atom is 0.297 e. The number of nitrogens with zero attached hydrogens (tertiary/aromatic N) is 2. The molecule has 0 saturated carbocycles. The third-order valence-corrected chi connectivity index (χ3v) is 22.7. The van der Waals surface area contributed by atoms with Crippen LogP contribution in [0.2, 0.25) is 0 Å². The average molecular weight is 1120 g/mol. The Balaban J connectivity index is 1.08. The number of benzene rings is 9. The van der Waals surface area contributed by atoms with Gasteiger partial charge < -0.3 is 14.2 Å². The number of hydrogen-bond donors (Lipinski definition) is 0. The molecular formula is C82H81BN2O. The van der Waals surface area contributed by atoms with Crippen molar-refractivity contribution in [3.05, 3.63) is 243 Å². The van der Waals surface area contributed by atoms with Crippen LogP contribution in [0.15, 0.2) is 186 Å². The van der Waals surface area contributed by atoms with E-state index in [1.54, 1.807) is 0 Å². The lowest BCUT2D eigenvalue weighted by molar-refractivity contribution is 0.332. The lowest BCUT2D eigenvalue weighted by Gasteiger charge is -2.46. The van der Waals surface area contributed by atoms with Crippen LogP contribution >= 0.6 is 0 Å². The van der Waals surface area contributed by atoms with Gasteiger partial charge in [0.25, 0.3) is 6.71 Å². The number of aryl methyl sites for hydroxylation is 1. The summed E-state index contributed by atoms with van der Waals surface area (Å²) < 4.78 is 7.99. The summed E-state index contributed by atoms with van der Waals surface area (Å²) in [6, 6.07) is 71.5. The van der Waals surface area contributed by atoms with E-state index in [-0.39, 0.29) is 39.2 Å². The first kappa shape index (κ1) is 53.6. The molecule has 0 radical (unpaired) electrons. The molecule has 0 N–H and O–H groups in total. The van der Waals surface area contributed by atoms with Crippen LogP contribution in [0.4, 0.5) is 34.1 Å². The van der Waals surface area contributed by atoms with E-state index in [4.69, 9.17) is 4.42 Å². The number of hydrogen-bond acceptors (Lipinski definition) is 3. The standard InChI is InChI=1S/C82H81BN2O/c1-50-41-70-73-71(42-50)85(68-48-65-63(78(6,7)37-39-80(65,10)11)44-56(68)51-25-17-14-18-26-51)69-46-57-55-31-23-24-32-59(55)82(52-27-19-15-20-28-52,53-29-21-16-22-30-53)61(57)47-67(69)83(73)75-74(58-45-64-66(49-72(58)86-75)81(12,13)40-38-79(64,8)9)84(70)54-33-34-60-62(43-54)77(4,5)36-35-76(60,2)3/h14-34,41-49H,35-40H2,1-13H3. The molecule has 16 rings (SSSR count). The second-order valence-corrected chi connectivity index (χ2v) is 30.8. The molecular weight excluding hydrogens is 1040 g/mol. The quantitative estimate of drug-likeness (QED) is 0.160. The first-order chi connectivity index (χ1) is 41.0. The van der Waals surface area contributed by atoms with E-state index < -0.39 is 5.41 Å². The number of furan rings is 1. The smallest absolute Gasteiger partial charge is 0.297 e. The summed E-state index contributed by atoms with van der Waals surface area (Å²) in [4.78, 5) is 5.41. The zero-order valence-corrected chi connectivity index (χ0v) is 52.9. The molecule has 4 aliphatic carbocycles. The molecule has 428 valence electrons. The van der Waals surface area contributed by atoms with Gasteiger partial charge in [-0.05, 0) is 221 Å². The van der Waals surface area contributed by atoms with Crippen LogP contribution in [0.3, 0.4) is 0 Å². The van der Waals surface area contributed by atoms with E-state index in [2.05, 4.69) is 282 Å². The summed E-state index contributed by atoms with van der Waals surface area (Å²) >= 11 is 0. The SMILES string of the molecule is Cc1cc2c3c(c1)N(c1ccc4c(c1)C(C)(C)CCC4(C)C)c1c(oc4cc5c(cc14)C(C)(C)CCC5(C)C)B3c1cc3c(cc1N2c1cc2c(cc1-c1ccccc1)C(C)(C)CCC2(C)C)-c1ccccc1C3(c1ccccc1)c1ccccc1. The highest BCUT2D eigenvalue weighted by molar-refractivity contribution is 7.00. The number of rotatable bonds is 5. The van der Waals surface area contributed by atoms with E-state index in [9.17, 15) is 0 Å². The van der Waals surface area contributed by atoms with Crippen molar-refractivity contribution in [1.29, 1.82) is 0 Å². The Kier molecular flexibility index (Phi) is 11.2. The van der Waals surface area contributed by atoms with Crippen molar-refractivity contribution >= 4 is 68.4 Å². The van der Waals surface area contributed by atoms with Crippen LogP contribution in [-0.4, -0.2) is 6.71 Å². The van der Waals surface area contributed by atoms with Gasteiger partial charge in [0.1, 0.15) is 5.58 Å². The van der Waals surface area contributed by atoms with Crippen molar-refractivity contribution in [2.75, 3.05) is 9.80 Å². The van der Waals surface area contributed by atoms with Gasteiger partial charge in [-0.1, -0.05) is 210 Å². The molecule has 2 aliphatic heterocycles. The van der Waals surface area contributed by atoms with Gasteiger partial charge in [-0.2, -0.15) is 0 Å². The van der Waals surface area contributed by atoms with Crippen LogP contribution < -0.4 is 26.4 Å². The Bertz CT molecular complexity index is 4460. The molecule has 4 heteroatoms. The summed E-state index contributed by atoms with van der Waals surface area (Å²) in [6.45, 7) is 31.7. The number of fused-ring (bicyclic) bond motifs is 12. The fraction of sp³-hybridized carbons (Fsp3) is 0.317. The number of anilines is 6.